The van der Waals surface area contributed by atoms with Crippen LogP contribution >= 0.6 is 0 Å². The van der Waals surface area contributed by atoms with Gasteiger partial charge >= 0.3 is 0 Å². The van der Waals surface area contributed by atoms with Crippen LogP contribution < -0.4 is 5.32 Å². The van der Waals surface area contributed by atoms with Gasteiger partial charge in [0, 0.05) is 12.5 Å². The summed E-state index contributed by atoms with van der Waals surface area (Å²) in [5.74, 6) is 0.0545. The number of hydrogen-bond donors (Lipinski definition) is 1. The van der Waals surface area contributed by atoms with Crippen molar-refractivity contribution in [2.24, 2.45) is 5.41 Å². The molecule has 0 fully saturated rings. The van der Waals surface area contributed by atoms with E-state index in [1.807, 2.05) is 13.8 Å². The highest BCUT2D eigenvalue weighted by Crippen LogP contribution is 2.25. The molecular formula is C13H29NO. The molecular weight excluding hydrogens is 186 g/mol. The van der Waals surface area contributed by atoms with Crippen molar-refractivity contribution in [3.63, 3.8) is 0 Å². The second-order valence-corrected chi connectivity index (χ2v) is 5.63. The molecule has 0 unspecified atom stereocenters. The van der Waals surface area contributed by atoms with E-state index in [1.165, 1.54) is 0 Å². The molecule has 0 aliphatic rings. The zero-order valence-electron chi connectivity index (χ0n) is 11.8. The van der Waals surface area contributed by atoms with Crippen molar-refractivity contribution < 1.29 is 4.79 Å². The van der Waals surface area contributed by atoms with Crippen molar-refractivity contribution >= 4 is 5.91 Å². The lowest BCUT2D eigenvalue weighted by atomic mass is 9.85. The van der Waals surface area contributed by atoms with Crippen molar-refractivity contribution in [3.05, 3.63) is 0 Å². The maximum absolute atomic E-state index is 10.9. The Hall–Kier alpha value is -0.530. The standard InChI is InChI=1S/C11H23NO.C2H6/c1-9(13)12-11(5,6)8-7-10(2,3)4;1-2/h7-8H2,1-6H3,(H,12,13);1-2H3. The molecule has 1 amide bonds. The van der Waals surface area contributed by atoms with Gasteiger partial charge in [0.05, 0.1) is 0 Å². The summed E-state index contributed by atoms with van der Waals surface area (Å²) in [5.41, 5.74) is 0.273. The fourth-order valence-corrected chi connectivity index (χ4v) is 1.23. The van der Waals surface area contributed by atoms with Gasteiger partial charge in [-0.15, -0.1) is 0 Å². The third kappa shape index (κ3) is 13.5. The van der Waals surface area contributed by atoms with E-state index in [0.717, 1.165) is 12.8 Å². The van der Waals surface area contributed by atoms with E-state index in [2.05, 4.69) is 39.9 Å². The SMILES string of the molecule is CC.CC(=O)NC(C)(C)CCC(C)(C)C. The minimum Gasteiger partial charge on any atom is -0.351 e. The first-order valence-corrected chi connectivity index (χ1v) is 5.91. The lowest BCUT2D eigenvalue weighted by molar-refractivity contribution is -0.120. The molecule has 2 heteroatoms. The minimum atomic E-state index is -0.0703. The molecule has 0 aliphatic carbocycles. The Morgan fingerprint density at radius 1 is 1.00 bits per heavy atom. The molecule has 0 rings (SSSR count). The van der Waals surface area contributed by atoms with Gasteiger partial charge in [0.25, 0.3) is 0 Å². The van der Waals surface area contributed by atoms with E-state index in [0.29, 0.717) is 5.41 Å². The molecule has 0 saturated heterocycles. The van der Waals surface area contributed by atoms with Crippen LogP contribution in [0.5, 0.6) is 0 Å². The van der Waals surface area contributed by atoms with E-state index in [9.17, 15) is 4.79 Å². The Balaban J connectivity index is 0. The average Bonchev–Trinajstić information content (AvgIpc) is 2.02. The lowest BCUT2D eigenvalue weighted by Gasteiger charge is -2.29. The maximum atomic E-state index is 10.9. The molecule has 15 heavy (non-hydrogen) atoms. The second kappa shape index (κ2) is 6.86. The van der Waals surface area contributed by atoms with Gasteiger partial charge in [0.1, 0.15) is 0 Å². The quantitative estimate of drug-likeness (QED) is 0.763. The minimum absolute atomic E-state index is 0.0545. The van der Waals surface area contributed by atoms with Crippen molar-refractivity contribution in [1.29, 1.82) is 0 Å². The van der Waals surface area contributed by atoms with Gasteiger partial charge in [-0.3, -0.25) is 4.79 Å². The highest BCUT2D eigenvalue weighted by Gasteiger charge is 2.21. The summed E-state index contributed by atoms with van der Waals surface area (Å²) >= 11 is 0. The normalized spacial score (nSPS) is 11.5. The Kier molecular flexibility index (Phi) is 7.72. The molecule has 0 aromatic carbocycles. The van der Waals surface area contributed by atoms with Crippen molar-refractivity contribution in [2.75, 3.05) is 0 Å². The number of carbonyl (C=O) groups is 1. The van der Waals surface area contributed by atoms with E-state index >= 15 is 0 Å². The van der Waals surface area contributed by atoms with Gasteiger partial charge in [0.2, 0.25) is 5.91 Å². The van der Waals surface area contributed by atoms with Crippen LogP contribution in [0.1, 0.15) is 68.2 Å². The molecule has 0 spiro atoms. The van der Waals surface area contributed by atoms with Crippen LogP contribution in [-0.4, -0.2) is 11.4 Å². The molecule has 0 radical (unpaired) electrons. The molecule has 0 atom stereocenters. The molecule has 2 nitrogen and oxygen atoms in total. The Morgan fingerprint density at radius 2 is 1.40 bits per heavy atom. The zero-order valence-corrected chi connectivity index (χ0v) is 11.8. The van der Waals surface area contributed by atoms with E-state index in [1.54, 1.807) is 6.92 Å². The summed E-state index contributed by atoms with van der Waals surface area (Å²) in [7, 11) is 0. The number of amides is 1. The highest BCUT2D eigenvalue weighted by atomic mass is 16.1. The molecule has 0 aromatic heterocycles. The number of hydrogen-bond acceptors (Lipinski definition) is 1. The van der Waals surface area contributed by atoms with Crippen LogP contribution in [0.2, 0.25) is 0 Å². The lowest BCUT2D eigenvalue weighted by Crippen LogP contribution is -2.42. The summed E-state index contributed by atoms with van der Waals surface area (Å²) < 4.78 is 0. The average molecular weight is 215 g/mol. The zero-order chi connectivity index (χ0) is 12.7. The van der Waals surface area contributed by atoms with Gasteiger partial charge in [-0.25, -0.2) is 0 Å². The van der Waals surface area contributed by atoms with Gasteiger partial charge in [-0.05, 0) is 32.1 Å². The number of carbonyl (C=O) groups excluding carboxylic acids is 1. The molecule has 0 heterocycles. The summed E-state index contributed by atoms with van der Waals surface area (Å²) in [4.78, 5) is 10.9. The van der Waals surface area contributed by atoms with Gasteiger partial charge in [-0.1, -0.05) is 34.6 Å². The van der Waals surface area contributed by atoms with Crippen molar-refractivity contribution in [3.8, 4) is 0 Å². The Morgan fingerprint density at radius 3 is 1.67 bits per heavy atom. The summed E-state index contributed by atoms with van der Waals surface area (Å²) in [6.45, 7) is 16.4. The van der Waals surface area contributed by atoms with Gasteiger partial charge in [-0.2, -0.15) is 0 Å². The fraction of sp³-hybridized carbons (Fsp3) is 0.923. The topological polar surface area (TPSA) is 29.1 Å². The molecule has 92 valence electrons. The third-order valence-corrected chi connectivity index (χ3v) is 2.01. The van der Waals surface area contributed by atoms with Crippen LogP contribution in [-0.2, 0) is 4.79 Å². The second-order valence-electron chi connectivity index (χ2n) is 5.63. The van der Waals surface area contributed by atoms with Crippen LogP contribution in [0.25, 0.3) is 0 Å². The van der Waals surface area contributed by atoms with E-state index < -0.39 is 0 Å². The predicted molar refractivity (Wildman–Crippen MR) is 67.9 cm³/mol. The van der Waals surface area contributed by atoms with Crippen LogP contribution in [0.15, 0.2) is 0 Å². The maximum Gasteiger partial charge on any atom is 0.217 e. The van der Waals surface area contributed by atoms with Crippen LogP contribution in [0.3, 0.4) is 0 Å². The summed E-state index contributed by atoms with van der Waals surface area (Å²) in [6.07, 6.45) is 2.15. The molecule has 1 N–H and O–H groups in total. The Bertz CT molecular complexity index is 177. The summed E-state index contributed by atoms with van der Waals surface area (Å²) in [5, 5.41) is 2.95. The third-order valence-electron chi connectivity index (χ3n) is 2.01. The van der Waals surface area contributed by atoms with E-state index in [4.69, 9.17) is 0 Å². The first-order valence-electron chi connectivity index (χ1n) is 5.91. The molecule has 0 bridgehead atoms. The van der Waals surface area contributed by atoms with E-state index in [-0.39, 0.29) is 11.4 Å². The van der Waals surface area contributed by atoms with Crippen molar-refractivity contribution in [2.45, 2.75) is 73.8 Å². The van der Waals surface area contributed by atoms with Crippen molar-refractivity contribution in [1.82, 2.24) is 5.32 Å². The first-order chi connectivity index (χ1) is 6.62. The number of rotatable bonds is 3. The smallest absolute Gasteiger partial charge is 0.217 e. The van der Waals surface area contributed by atoms with Gasteiger partial charge in [0.15, 0.2) is 0 Å². The highest BCUT2D eigenvalue weighted by molar-refractivity contribution is 5.73. The fourth-order valence-electron chi connectivity index (χ4n) is 1.23. The monoisotopic (exact) mass is 215 g/mol. The molecule has 0 saturated carbocycles. The Labute approximate surface area is 95.8 Å². The largest absolute Gasteiger partial charge is 0.351 e. The number of nitrogens with one attached hydrogen (secondary N) is 1. The first kappa shape index (κ1) is 16.9. The van der Waals surface area contributed by atoms with Gasteiger partial charge < -0.3 is 5.32 Å². The molecule has 0 aromatic rings. The van der Waals surface area contributed by atoms with Crippen LogP contribution in [0.4, 0.5) is 0 Å². The summed E-state index contributed by atoms with van der Waals surface area (Å²) in [6, 6.07) is 0. The predicted octanol–water partition coefficient (Wildman–Crippen LogP) is 3.75. The molecule has 0 aliphatic heterocycles. The van der Waals surface area contributed by atoms with Crippen LogP contribution in [0, 0.1) is 5.41 Å².